The van der Waals surface area contributed by atoms with Gasteiger partial charge < -0.3 is 16.2 Å². The Bertz CT molecular complexity index is 423. The quantitative estimate of drug-likeness (QED) is 0.768. The molecule has 5 heteroatoms. The number of benzene rings is 1. The number of halogens is 1. The Balaban J connectivity index is 2.94. The first-order valence-corrected chi connectivity index (χ1v) is 6.37. The molecule has 0 saturated heterocycles. The van der Waals surface area contributed by atoms with Gasteiger partial charge in [-0.15, -0.1) is 0 Å². The number of nitrogens with one attached hydrogen (secondary N) is 1. The van der Waals surface area contributed by atoms with E-state index in [1.165, 1.54) is 12.1 Å². The fourth-order valence-corrected chi connectivity index (χ4v) is 1.94. The summed E-state index contributed by atoms with van der Waals surface area (Å²) in [4.78, 5) is 12.1. The van der Waals surface area contributed by atoms with Gasteiger partial charge in [-0.25, -0.2) is 0 Å². The number of amides is 1. The van der Waals surface area contributed by atoms with Gasteiger partial charge in [0.15, 0.2) is 0 Å². The second-order valence-corrected chi connectivity index (χ2v) is 4.74. The van der Waals surface area contributed by atoms with Crippen LogP contribution in [0.25, 0.3) is 0 Å². The third kappa shape index (κ3) is 3.15. The fourth-order valence-electron chi connectivity index (χ4n) is 1.77. The number of phenols is 1. The van der Waals surface area contributed by atoms with Crippen LogP contribution in [0.3, 0.4) is 0 Å². The number of nitrogens with two attached hydrogens (primary N) is 1. The summed E-state index contributed by atoms with van der Waals surface area (Å²) in [6.07, 6.45) is 1.47. The van der Waals surface area contributed by atoms with E-state index >= 15 is 0 Å². The first kappa shape index (κ1) is 14.8. The van der Waals surface area contributed by atoms with E-state index in [2.05, 4.69) is 5.32 Å². The van der Waals surface area contributed by atoms with Crippen LogP contribution in [0.5, 0.6) is 5.75 Å². The molecule has 100 valence electrons. The van der Waals surface area contributed by atoms with Crippen molar-refractivity contribution >= 4 is 17.5 Å². The summed E-state index contributed by atoms with van der Waals surface area (Å²) in [7, 11) is 0. The van der Waals surface area contributed by atoms with Crippen LogP contribution in [0.15, 0.2) is 18.2 Å². The third-order valence-electron chi connectivity index (χ3n) is 3.33. The molecule has 1 rings (SSSR count). The maximum Gasteiger partial charge on any atom is 0.255 e. The van der Waals surface area contributed by atoms with Crippen molar-refractivity contribution in [2.24, 2.45) is 5.73 Å². The molecule has 0 atom stereocenters. The molecule has 0 aliphatic heterocycles. The summed E-state index contributed by atoms with van der Waals surface area (Å²) >= 11 is 5.72. The van der Waals surface area contributed by atoms with Crippen molar-refractivity contribution in [1.29, 1.82) is 0 Å². The third-order valence-corrected chi connectivity index (χ3v) is 3.56. The summed E-state index contributed by atoms with van der Waals surface area (Å²) in [5.41, 5.74) is 5.50. The topological polar surface area (TPSA) is 75.3 Å². The molecular formula is C13H19ClN2O2. The van der Waals surface area contributed by atoms with Gasteiger partial charge >= 0.3 is 0 Å². The predicted molar refractivity (Wildman–Crippen MR) is 73.0 cm³/mol. The van der Waals surface area contributed by atoms with E-state index in [1.54, 1.807) is 6.07 Å². The van der Waals surface area contributed by atoms with Crippen LogP contribution in [0, 0.1) is 0 Å². The number of aromatic hydroxyl groups is 1. The summed E-state index contributed by atoms with van der Waals surface area (Å²) in [5, 5.41) is 13.0. The summed E-state index contributed by atoms with van der Waals surface area (Å²) < 4.78 is 0. The lowest BCUT2D eigenvalue weighted by atomic mass is 9.92. The molecule has 0 aliphatic carbocycles. The highest BCUT2D eigenvalue weighted by Gasteiger charge is 2.27. The van der Waals surface area contributed by atoms with E-state index in [-0.39, 0.29) is 17.2 Å². The van der Waals surface area contributed by atoms with Crippen molar-refractivity contribution in [1.82, 2.24) is 5.32 Å². The van der Waals surface area contributed by atoms with E-state index in [9.17, 15) is 9.90 Å². The van der Waals surface area contributed by atoms with E-state index in [1.807, 2.05) is 13.8 Å². The smallest absolute Gasteiger partial charge is 0.255 e. The Kier molecular flexibility index (Phi) is 4.99. The molecule has 0 unspecified atom stereocenters. The summed E-state index contributed by atoms with van der Waals surface area (Å²) in [5.74, 6) is -0.462. The Labute approximate surface area is 112 Å². The van der Waals surface area contributed by atoms with Crippen LogP contribution in [0.2, 0.25) is 5.02 Å². The maximum atomic E-state index is 12.1. The highest BCUT2D eigenvalue weighted by molar-refractivity contribution is 6.30. The molecule has 18 heavy (non-hydrogen) atoms. The second-order valence-electron chi connectivity index (χ2n) is 4.31. The standard InChI is InChI=1S/C13H19ClN2O2/c1-3-13(4-2,8-15)16-12(18)10-6-5-9(14)7-11(10)17/h5-7,17H,3-4,8,15H2,1-2H3,(H,16,18). The Morgan fingerprint density at radius 3 is 2.50 bits per heavy atom. The molecule has 0 saturated carbocycles. The van der Waals surface area contributed by atoms with Crippen molar-refractivity contribution in [2.75, 3.05) is 6.54 Å². The lowest BCUT2D eigenvalue weighted by Gasteiger charge is -2.31. The fraction of sp³-hybridized carbons (Fsp3) is 0.462. The number of carbonyl (C=O) groups excluding carboxylic acids is 1. The lowest BCUT2D eigenvalue weighted by molar-refractivity contribution is 0.0892. The van der Waals surface area contributed by atoms with Crippen molar-refractivity contribution < 1.29 is 9.90 Å². The van der Waals surface area contributed by atoms with E-state index in [4.69, 9.17) is 17.3 Å². The molecular weight excluding hydrogens is 252 g/mol. The minimum Gasteiger partial charge on any atom is -0.507 e. The van der Waals surface area contributed by atoms with Crippen LogP contribution in [-0.4, -0.2) is 23.1 Å². The van der Waals surface area contributed by atoms with Crippen molar-refractivity contribution in [3.8, 4) is 5.75 Å². The molecule has 0 radical (unpaired) electrons. The molecule has 0 spiro atoms. The highest BCUT2D eigenvalue weighted by atomic mass is 35.5. The van der Waals surface area contributed by atoms with E-state index in [0.29, 0.717) is 11.6 Å². The van der Waals surface area contributed by atoms with Gasteiger partial charge in [-0.3, -0.25) is 4.79 Å². The van der Waals surface area contributed by atoms with Crippen LogP contribution in [0.4, 0.5) is 0 Å². The van der Waals surface area contributed by atoms with Gasteiger partial charge in [0.05, 0.1) is 11.1 Å². The number of hydrogen-bond donors (Lipinski definition) is 3. The highest BCUT2D eigenvalue weighted by Crippen LogP contribution is 2.23. The van der Waals surface area contributed by atoms with Gasteiger partial charge in [0.2, 0.25) is 0 Å². The van der Waals surface area contributed by atoms with E-state index in [0.717, 1.165) is 12.8 Å². The van der Waals surface area contributed by atoms with Gasteiger partial charge in [0.25, 0.3) is 5.91 Å². The average molecular weight is 271 g/mol. The number of rotatable bonds is 5. The molecule has 1 aromatic rings. The minimum absolute atomic E-state index is 0.127. The monoisotopic (exact) mass is 270 g/mol. The molecule has 0 heterocycles. The molecule has 0 bridgehead atoms. The van der Waals surface area contributed by atoms with Crippen LogP contribution >= 0.6 is 11.6 Å². The Morgan fingerprint density at radius 1 is 1.44 bits per heavy atom. The number of carbonyl (C=O) groups is 1. The molecule has 0 fully saturated rings. The Hall–Kier alpha value is -1.26. The molecule has 4 N–H and O–H groups in total. The summed E-state index contributed by atoms with van der Waals surface area (Å²) in [6, 6.07) is 4.41. The van der Waals surface area contributed by atoms with E-state index < -0.39 is 5.54 Å². The normalized spacial score (nSPS) is 11.3. The van der Waals surface area contributed by atoms with Crippen molar-refractivity contribution in [2.45, 2.75) is 32.2 Å². The number of phenolic OH excluding ortho intramolecular Hbond substituents is 1. The predicted octanol–water partition coefficient (Wildman–Crippen LogP) is 2.29. The van der Waals surface area contributed by atoms with Crippen molar-refractivity contribution in [3.63, 3.8) is 0 Å². The zero-order valence-corrected chi connectivity index (χ0v) is 11.4. The molecule has 0 aromatic heterocycles. The lowest BCUT2D eigenvalue weighted by Crippen LogP contribution is -2.52. The minimum atomic E-state index is -0.427. The number of hydrogen-bond acceptors (Lipinski definition) is 3. The van der Waals surface area contributed by atoms with Crippen molar-refractivity contribution in [3.05, 3.63) is 28.8 Å². The zero-order chi connectivity index (χ0) is 13.8. The Morgan fingerprint density at radius 2 is 2.06 bits per heavy atom. The van der Waals surface area contributed by atoms with Crippen LogP contribution in [-0.2, 0) is 0 Å². The second kappa shape index (κ2) is 6.07. The average Bonchev–Trinajstić information content (AvgIpc) is 2.36. The maximum absolute atomic E-state index is 12.1. The molecule has 1 aromatic carbocycles. The first-order chi connectivity index (χ1) is 8.48. The molecule has 4 nitrogen and oxygen atoms in total. The van der Waals surface area contributed by atoms with Gasteiger partial charge in [-0.05, 0) is 31.0 Å². The van der Waals surface area contributed by atoms with Crippen LogP contribution in [0.1, 0.15) is 37.0 Å². The van der Waals surface area contributed by atoms with Gasteiger partial charge in [-0.1, -0.05) is 25.4 Å². The van der Waals surface area contributed by atoms with Gasteiger partial charge in [0, 0.05) is 11.6 Å². The van der Waals surface area contributed by atoms with Gasteiger partial charge in [0.1, 0.15) is 5.75 Å². The SMILES string of the molecule is CCC(CC)(CN)NC(=O)c1ccc(Cl)cc1O. The largest absolute Gasteiger partial charge is 0.507 e. The van der Waals surface area contributed by atoms with Crippen LogP contribution < -0.4 is 11.1 Å². The van der Waals surface area contributed by atoms with Gasteiger partial charge in [-0.2, -0.15) is 0 Å². The summed E-state index contributed by atoms with van der Waals surface area (Å²) in [6.45, 7) is 4.30. The zero-order valence-electron chi connectivity index (χ0n) is 10.7. The first-order valence-electron chi connectivity index (χ1n) is 5.99. The molecule has 0 aliphatic rings. The molecule has 1 amide bonds.